The average Bonchev–Trinajstić information content (AvgIpc) is 3.29. The number of hydrogen-bond donors (Lipinski definition) is 6. The monoisotopic (exact) mass is 622 g/mol. The van der Waals surface area contributed by atoms with E-state index in [4.69, 9.17) is 10.5 Å². The molecule has 0 saturated carbocycles. The van der Waals surface area contributed by atoms with Gasteiger partial charge < -0.3 is 36.8 Å². The van der Waals surface area contributed by atoms with Crippen LogP contribution in [0.1, 0.15) is 59.8 Å². The van der Waals surface area contributed by atoms with Crippen molar-refractivity contribution in [2.75, 3.05) is 26.2 Å². The largest absolute Gasteiger partial charge is 0.435 e. The van der Waals surface area contributed by atoms with E-state index >= 15 is 0 Å². The van der Waals surface area contributed by atoms with Crippen molar-refractivity contribution in [2.24, 2.45) is 23.5 Å². The molecule has 5 atom stereocenters. The second-order valence-electron chi connectivity index (χ2n) is 12.0. The minimum Gasteiger partial charge on any atom is -0.435 e. The van der Waals surface area contributed by atoms with Crippen molar-refractivity contribution in [3.8, 4) is 0 Å². The molecule has 0 aliphatic carbocycles. The summed E-state index contributed by atoms with van der Waals surface area (Å²) in [6.45, 7) is 7.18. The van der Waals surface area contributed by atoms with Crippen molar-refractivity contribution in [2.45, 2.75) is 96.3 Å². The quantitative estimate of drug-likeness (QED) is 0.158. The number of alkyl halides is 3. The number of piperidine rings is 1. The number of aliphatic hydroxyl groups is 1. The number of carbonyl (C=O) groups excluding carboxylic acids is 5. The fraction of sp³-hybridized carbons (Fsp3) is 0.815. The molecule has 5 amide bonds. The molecule has 1 unspecified atom stereocenters. The number of nitrogens with two attached hydrogens (primary N) is 1. The van der Waals surface area contributed by atoms with Gasteiger partial charge in [-0.05, 0) is 65.0 Å². The average molecular weight is 623 g/mol. The Labute approximate surface area is 249 Å². The molecule has 0 radical (unpaired) electrons. The molecule has 13 nitrogen and oxygen atoms in total. The number of amides is 5. The second-order valence-corrected chi connectivity index (χ2v) is 12.0. The molecule has 0 aromatic rings. The molecular weight excluding hydrogens is 577 g/mol. The summed E-state index contributed by atoms with van der Waals surface area (Å²) in [4.78, 5) is 64.7. The highest BCUT2D eigenvalue weighted by molar-refractivity contribution is 5.91. The first-order valence-electron chi connectivity index (χ1n) is 14.6. The Morgan fingerprint density at radius 2 is 1.65 bits per heavy atom. The van der Waals surface area contributed by atoms with Gasteiger partial charge in [-0.25, -0.2) is 4.79 Å². The molecule has 2 saturated heterocycles. The van der Waals surface area contributed by atoms with E-state index in [0.29, 0.717) is 13.0 Å². The van der Waals surface area contributed by atoms with Crippen LogP contribution in [0, 0.1) is 17.8 Å². The molecule has 0 aromatic heterocycles. The zero-order valence-corrected chi connectivity index (χ0v) is 25.0. The van der Waals surface area contributed by atoms with Crippen molar-refractivity contribution < 1.29 is 47.0 Å². The maximum Gasteiger partial charge on any atom is 0.405 e. The van der Waals surface area contributed by atoms with Gasteiger partial charge in [0.05, 0.1) is 12.0 Å². The van der Waals surface area contributed by atoms with Crippen molar-refractivity contribution >= 4 is 29.7 Å². The molecule has 0 spiro atoms. The third-order valence-corrected chi connectivity index (χ3v) is 7.48. The van der Waals surface area contributed by atoms with Gasteiger partial charge in [-0.1, -0.05) is 13.8 Å². The number of halogens is 3. The third-order valence-electron chi connectivity index (χ3n) is 7.48. The van der Waals surface area contributed by atoms with Crippen LogP contribution in [-0.2, 0) is 23.9 Å². The second kappa shape index (κ2) is 16.1. The Kier molecular flexibility index (Phi) is 13.5. The molecule has 16 heteroatoms. The molecule has 2 rings (SSSR count). The van der Waals surface area contributed by atoms with Gasteiger partial charge in [-0.2, -0.15) is 13.2 Å². The Balaban J connectivity index is 2.17. The summed E-state index contributed by atoms with van der Waals surface area (Å²) >= 11 is 0. The zero-order chi connectivity index (χ0) is 32.5. The van der Waals surface area contributed by atoms with E-state index in [1.807, 2.05) is 0 Å². The van der Waals surface area contributed by atoms with E-state index < -0.39 is 66.1 Å². The van der Waals surface area contributed by atoms with Crippen LogP contribution in [0.25, 0.3) is 0 Å². The molecule has 7 N–H and O–H groups in total. The van der Waals surface area contributed by atoms with E-state index in [2.05, 4.69) is 21.3 Å². The zero-order valence-electron chi connectivity index (χ0n) is 25.0. The fourth-order valence-corrected chi connectivity index (χ4v) is 5.24. The predicted octanol–water partition coefficient (Wildman–Crippen LogP) is 0.152. The van der Waals surface area contributed by atoms with Crippen LogP contribution in [0.3, 0.4) is 0 Å². The number of primary amides is 1. The first kappa shape index (κ1) is 36.1. The van der Waals surface area contributed by atoms with E-state index in [-0.39, 0.29) is 63.2 Å². The molecule has 2 aliphatic heterocycles. The lowest BCUT2D eigenvalue weighted by Gasteiger charge is -2.34. The molecule has 246 valence electrons. The first-order valence-corrected chi connectivity index (χ1v) is 14.6. The summed E-state index contributed by atoms with van der Waals surface area (Å²) in [5, 5.41) is 21.2. The van der Waals surface area contributed by atoms with Crippen molar-refractivity contribution in [3.05, 3.63) is 0 Å². The standard InChI is InChI=1S/C27H45F3N6O7/c1-14(2)11-19(23(39)34-18(12-16-5-8-32-22(16)38)21(37)25(41)33-15(3)4)35-24(40)20(43-26(31)42)13-36-9-6-17(7-10-36)27(28,29)30/h14-21,37H,5-13H2,1-4H3,(H2,31,42)(H,32,38)(H,33,41)(H,34,39)(H,35,40)/t16-,18-,19-,20-,21?/m0/s1. The fourth-order valence-electron chi connectivity index (χ4n) is 5.24. The van der Waals surface area contributed by atoms with Crippen molar-refractivity contribution in [1.29, 1.82) is 0 Å². The normalized spacial score (nSPS) is 21.1. The maximum absolute atomic E-state index is 13.5. The van der Waals surface area contributed by atoms with Crippen LogP contribution in [-0.4, -0.2) is 102 Å². The summed E-state index contributed by atoms with van der Waals surface area (Å²) in [6, 6.07) is -2.68. The molecule has 0 bridgehead atoms. The SMILES string of the molecule is CC(C)C[C@H](NC(=O)[C@H](CN1CCC(C(F)(F)F)CC1)OC(N)=O)C(=O)N[C@@H](C[C@@H]1CCNC1=O)C(O)C(=O)NC(C)C. The number of hydrogen-bond acceptors (Lipinski definition) is 8. The van der Waals surface area contributed by atoms with Gasteiger partial charge in [0.25, 0.3) is 11.8 Å². The highest BCUT2D eigenvalue weighted by Gasteiger charge is 2.42. The van der Waals surface area contributed by atoms with Crippen LogP contribution < -0.4 is 27.0 Å². The third kappa shape index (κ3) is 11.8. The van der Waals surface area contributed by atoms with Gasteiger partial charge in [0, 0.05) is 25.0 Å². The van der Waals surface area contributed by atoms with Crippen molar-refractivity contribution in [1.82, 2.24) is 26.2 Å². The molecule has 2 heterocycles. The van der Waals surface area contributed by atoms with Crippen LogP contribution in [0.4, 0.5) is 18.0 Å². The number of likely N-dealkylation sites (tertiary alicyclic amines) is 1. The Bertz CT molecular complexity index is 989. The lowest BCUT2D eigenvalue weighted by atomic mass is 9.93. The number of ether oxygens (including phenoxy) is 1. The van der Waals surface area contributed by atoms with Crippen LogP contribution in [0.15, 0.2) is 0 Å². The summed E-state index contributed by atoms with van der Waals surface area (Å²) < 4.78 is 44.2. The minimum absolute atomic E-state index is 0.0126. The molecule has 2 aliphatic rings. The maximum atomic E-state index is 13.5. The molecule has 43 heavy (non-hydrogen) atoms. The number of nitrogens with one attached hydrogen (secondary N) is 4. The van der Waals surface area contributed by atoms with Gasteiger partial charge in [-0.3, -0.25) is 24.1 Å². The molecule has 2 fully saturated rings. The predicted molar refractivity (Wildman–Crippen MR) is 148 cm³/mol. The summed E-state index contributed by atoms with van der Waals surface area (Å²) in [5.74, 6) is -4.79. The summed E-state index contributed by atoms with van der Waals surface area (Å²) in [6.07, 6.45) is -8.64. The van der Waals surface area contributed by atoms with Gasteiger partial charge in [0.2, 0.25) is 11.8 Å². The lowest BCUT2D eigenvalue weighted by Crippen LogP contribution is -2.58. The van der Waals surface area contributed by atoms with Gasteiger partial charge in [0.1, 0.15) is 6.04 Å². The number of aliphatic hydroxyl groups excluding tert-OH is 1. The Morgan fingerprint density at radius 3 is 2.14 bits per heavy atom. The van der Waals surface area contributed by atoms with E-state index in [1.165, 1.54) is 0 Å². The summed E-state index contributed by atoms with van der Waals surface area (Å²) in [5.41, 5.74) is 5.15. The Hall–Kier alpha value is -3.14. The molecular formula is C27H45F3N6O7. The topological polar surface area (TPSA) is 192 Å². The van der Waals surface area contributed by atoms with Crippen LogP contribution >= 0.6 is 0 Å². The lowest BCUT2D eigenvalue weighted by molar-refractivity contribution is -0.185. The minimum atomic E-state index is -4.33. The van der Waals surface area contributed by atoms with E-state index in [0.717, 1.165) is 0 Å². The van der Waals surface area contributed by atoms with Gasteiger partial charge in [-0.15, -0.1) is 0 Å². The van der Waals surface area contributed by atoms with Crippen LogP contribution in [0.5, 0.6) is 0 Å². The number of nitrogens with zero attached hydrogens (tertiary/aromatic N) is 1. The van der Waals surface area contributed by atoms with Gasteiger partial charge >= 0.3 is 12.3 Å². The highest BCUT2D eigenvalue weighted by atomic mass is 19.4. The van der Waals surface area contributed by atoms with Crippen LogP contribution in [0.2, 0.25) is 0 Å². The van der Waals surface area contributed by atoms with E-state index in [1.54, 1.807) is 32.6 Å². The molecule has 0 aromatic carbocycles. The number of rotatable bonds is 14. The summed E-state index contributed by atoms with van der Waals surface area (Å²) in [7, 11) is 0. The highest BCUT2D eigenvalue weighted by Crippen LogP contribution is 2.34. The number of carbonyl (C=O) groups is 5. The van der Waals surface area contributed by atoms with Gasteiger partial charge in [0.15, 0.2) is 12.2 Å². The van der Waals surface area contributed by atoms with E-state index in [9.17, 15) is 42.3 Å². The van der Waals surface area contributed by atoms with Crippen molar-refractivity contribution in [3.63, 3.8) is 0 Å². The first-order chi connectivity index (χ1) is 20.0. The smallest absolute Gasteiger partial charge is 0.405 e. The Morgan fingerprint density at radius 1 is 1.02 bits per heavy atom.